The molecule has 1 atom stereocenters. The van der Waals surface area contributed by atoms with Crippen molar-refractivity contribution in [3.05, 3.63) is 21.9 Å². The summed E-state index contributed by atoms with van der Waals surface area (Å²) >= 11 is 1.73. The minimum Gasteiger partial charge on any atom is -0.336 e. The molecule has 1 aromatic heterocycles. The summed E-state index contributed by atoms with van der Waals surface area (Å²) in [6.45, 7) is 5.28. The summed E-state index contributed by atoms with van der Waals surface area (Å²) in [4.78, 5) is 28.3. The van der Waals surface area contributed by atoms with E-state index < -0.39 is 11.6 Å². The van der Waals surface area contributed by atoms with Crippen LogP contribution in [0.15, 0.2) is 11.4 Å². The number of carbonyl (C=O) groups is 2. The van der Waals surface area contributed by atoms with Gasteiger partial charge in [0.15, 0.2) is 0 Å². The molecule has 2 aliphatic rings. The van der Waals surface area contributed by atoms with Gasteiger partial charge >= 0.3 is 6.03 Å². The molecule has 2 N–H and O–H groups in total. The Morgan fingerprint density at radius 2 is 2.20 bits per heavy atom. The van der Waals surface area contributed by atoms with Gasteiger partial charge in [0, 0.05) is 18.0 Å². The number of carbonyl (C=O) groups excluding carboxylic acids is 2. The third kappa shape index (κ3) is 4.13. The second-order valence-corrected chi connectivity index (χ2v) is 8.36. The van der Waals surface area contributed by atoms with Crippen LogP contribution in [0.2, 0.25) is 0 Å². The van der Waals surface area contributed by atoms with Gasteiger partial charge in [-0.1, -0.05) is 13.8 Å². The fraction of sp³-hybridized carbons (Fsp3) is 0.611. The molecule has 1 saturated carbocycles. The number of nitrogens with zero attached hydrogens (tertiary/aromatic N) is 2. The minimum atomic E-state index is -0.715. The molecule has 1 unspecified atom stereocenters. The van der Waals surface area contributed by atoms with E-state index in [-0.39, 0.29) is 17.9 Å². The first kappa shape index (κ1) is 17.7. The number of hydrogen-bond acceptors (Lipinski definition) is 4. The number of nitriles is 1. The van der Waals surface area contributed by atoms with E-state index in [1.165, 1.54) is 10.4 Å². The standard InChI is InChI=1S/C18H24N4O2S/c1-12(2)9-14(16(23)21-18(11-19)5-6-18)20-17(24)22-7-3-15-13(10-22)4-8-25-15/h4,8,12,14H,3,5-7,9-10H2,1-2H3,(H,20,24)(H,21,23). The van der Waals surface area contributed by atoms with Crippen LogP contribution in [0.4, 0.5) is 4.79 Å². The highest BCUT2D eigenvalue weighted by atomic mass is 32.1. The van der Waals surface area contributed by atoms with Gasteiger partial charge in [0.2, 0.25) is 5.91 Å². The fourth-order valence-corrected chi connectivity index (χ4v) is 3.97. The summed E-state index contributed by atoms with van der Waals surface area (Å²) in [5, 5.41) is 16.9. The van der Waals surface area contributed by atoms with Crippen molar-refractivity contribution in [2.45, 2.75) is 57.7 Å². The van der Waals surface area contributed by atoms with E-state index in [2.05, 4.69) is 28.1 Å². The Bertz CT molecular complexity index is 702. The molecule has 0 spiro atoms. The molecule has 0 bridgehead atoms. The van der Waals surface area contributed by atoms with Crippen LogP contribution in [0.5, 0.6) is 0 Å². The molecule has 1 aliphatic carbocycles. The summed E-state index contributed by atoms with van der Waals surface area (Å²) in [7, 11) is 0. The first-order chi connectivity index (χ1) is 11.9. The molecule has 25 heavy (non-hydrogen) atoms. The number of urea groups is 1. The van der Waals surface area contributed by atoms with Crippen LogP contribution in [-0.4, -0.2) is 35.0 Å². The third-order valence-corrected chi connectivity index (χ3v) is 5.77. The van der Waals surface area contributed by atoms with E-state index >= 15 is 0 Å². The lowest BCUT2D eigenvalue weighted by Gasteiger charge is -2.30. The Labute approximate surface area is 152 Å². The highest BCUT2D eigenvalue weighted by molar-refractivity contribution is 7.10. The Hall–Kier alpha value is -2.07. The number of rotatable bonds is 5. The normalized spacial score (nSPS) is 18.9. The van der Waals surface area contributed by atoms with Gasteiger partial charge in [-0.15, -0.1) is 11.3 Å². The monoisotopic (exact) mass is 360 g/mol. The second-order valence-electron chi connectivity index (χ2n) is 7.36. The van der Waals surface area contributed by atoms with Crippen molar-refractivity contribution < 1.29 is 9.59 Å². The number of hydrogen-bond donors (Lipinski definition) is 2. The van der Waals surface area contributed by atoms with E-state index in [1.54, 1.807) is 16.2 Å². The van der Waals surface area contributed by atoms with Crippen LogP contribution in [0, 0.1) is 17.2 Å². The molecule has 0 aromatic carbocycles. The van der Waals surface area contributed by atoms with Crippen LogP contribution in [0.25, 0.3) is 0 Å². The average Bonchev–Trinajstić information content (AvgIpc) is 3.18. The predicted octanol–water partition coefficient (Wildman–Crippen LogP) is 2.40. The highest BCUT2D eigenvalue weighted by Gasteiger charge is 2.45. The largest absolute Gasteiger partial charge is 0.336 e. The van der Waals surface area contributed by atoms with Gasteiger partial charge in [0.1, 0.15) is 11.6 Å². The summed E-state index contributed by atoms with van der Waals surface area (Å²) in [5.41, 5.74) is 0.478. The van der Waals surface area contributed by atoms with Gasteiger partial charge in [-0.3, -0.25) is 4.79 Å². The zero-order valence-corrected chi connectivity index (χ0v) is 15.5. The minimum absolute atomic E-state index is 0.209. The van der Waals surface area contributed by atoms with Crippen LogP contribution in [0.3, 0.4) is 0 Å². The van der Waals surface area contributed by atoms with Crippen LogP contribution in [0.1, 0.15) is 43.6 Å². The molecule has 134 valence electrons. The molecule has 0 saturated heterocycles. The lowest BCUT2D eigenvalue weighted by atomic mass is 10.0. The average molecular weight is 360 g/mol. The molecular formula is C18H24N4O2S. The predicted molar refractivity (Wildman–Crippen MR) is 95.9 cm³/mol. The number of nitrogens with one attached hydrogen (secondary N) is 2. The highest BCUT2D eigenvalue weighted by Crippen LogP contribution is 2.34. The van der Waals surface area contributed by atoms with Gasteiger partial charge in [-0.2, -0.15) is 5.26 Å². The molecule has 1 aromatic rings. The second kappa shape index (κ2) is 7.04. The fourth-order valence-electron chi connectivity index (χ4n) is 3.08. The molecule has 6 nitrogen and oxygen atoms in total. The van der Waals surface area contributed by atoms with Crippen molar-refractivity contribution in [2.24, 2.45) is 5.92 Å². The van der Waals surface area contributed by atoms with Crippen LogP contribution in [-0.2, 0) is 17.8 Å². The zero-order valence-electron chi connectivity index (χ0n) is 14.7. The Morgan fingerprint density at radius 3 is 2.84 bits per heavy atom. The van der Waals surface area contributed by atoms with E-state index in [0.717, 1.165) is 6.42 Å². The van der Waals surface area contributed by atoms with Crippen molar-refractivity contribution in [3.8, 4) is 6.07 Å². The van der Waals surface area contributed by atoms with E-state index in [9.17, 15) is 9.59 Å². The van der Waals surface area contributed by atoms with Crippen molar-refractivity contribution in [1.82, 2.24) is 15.5 Å². The lowest BCUT2D eigenvalue weighted by Crippen LogP contribution is -2.54. The van der Waals surface area contributed by atoms with E-state index in [0.29, 0.717) is 32.4 Å². The Kier molecular flexibility index (Phi) is 5.00. The first-order valence-corrected chi connectivity index (χ1v) is 9.64. The lowest BCUT2D eigenvalue weighted by molar-refractivity contribution is -0.123. The van der Waals surface area contributed by atoms with Gasteiger partial charge in [-0.25, -0.2) is 4.79 Å². The van der Waals surface area contributed by atoms with Crippen LogP contribution >= 0.6 is 11.3 Å². The van der Waals surface area contributed by atoms with Gasteiger partial charge in [0.25, 0.3) is 0 Å². The van der Waals surface area contributed by atoms with Gasteiger partial charge < -0.3 is 15.5 Å². The summed E-state index contributed by atoms with van der Waals surface area (Å²) in [6.07, 6.45) is 2.78. The molecule has 0 radical (unpaired) electrons. The van der Waals surface area contributed by atoms with E-state index in [4.69, 9.17) is 5.26 Å². The summed E-state index contributed by atoms with van der Waals surface area (Å²) in [6, 6.07) is 3.40. The maximum absolute atomic E-state index is 12.7. The maximum atomic E-state index is 12.7. The third-order valence-electron chi connectivity index (χ3n) is 4.74. The summed E-state index contributed by atoms with van der Waals surface area (Å²) < 4.78 is 0. The zero-order chi connectivity index (χ0) is 18.0. The Balaban J connectivity index is 1.62. The maximum Gasteiger partial charge on any atom is 0.318 e. The quantitative estimate of drug-likeness (QED) is 0.845. The molecule has 3 amide bonds. The molecule has 1 fully saturated rings. The molecular weight excluding hydrogens is 336 g/mol. The summed E-state index contributed by atoms with van der Waals surface area (Å²) in [5.74, 6) is 0.00690. The smallest absolute Gasteiger partial charge is 0.318 e. The first-order valence-electron chi connectivity index (χ1n) is 8.76. The van der Waals surface area contributed by atoms with Crippen molar-refractivity contribution in [3.63, 3.8) is 0 Å². The van der Waals surface area contributed by atoms with E-state index in [1.807, 2.05) is 13.8 Å². The SMILES string of the molecule is CC(C)CC(NC(=O)N1CCc2sccc2C1)C(=O)NC1(C#N)CC1. The molecule has 3 rings (SSSR count). The molecule has 2 heterocycles. The number of amides is 3. The van der Waals surface area contributed by atoms with Crippen LogP contribution < -0.4 is 10.6 Å². The van der Waals surface area contributed by atoms with Crippen molar-refractivity contribution >= 4 is 23.3 Å². The Morgan fingerprint density at radius 1 is 1.44 bits per heavy atom. The number of fused-ring (bicyclic) bond motifs is 1. The number of thiophene rings is 1. The topological polar surface area (TPSA) is 85.2 Å². The van der Waals surface area contributed by atoms with Crippen molar-refractivity contribution in [2.75, 3.05) is 6.54 Å². The van der Waals surface area contributed by atoms with Crippen molar-refractivity contribution in [1.29, 1.82) is 5.26 Å². The molecule has 7 heteroatoms. The van der Waals surface area contributed by atoms with Gasteiger partial charge in [0.05, 0.1) is 6.07 Å². The van der Waals surface area contributed by atoms with Gasteiger partial charge in [-0.05, 0) is 48.6 Å². The molecule has 1 aliphatic heterocycles.